The lowest BCUT2D eigenvalue weighted by molar-refractivity contribution is 0.0946. The van der Waals surface area contributed by atoms with Crippen molar-refractivity contribution in [3.8, 4) is 0 Å². The summed E-state index contributed by atoms with van der Waals surface area (Å²) in [5, 5.41) is 6.03. The average molecular weight is 298 g/mol. The minimum Gasteiger partial charge on any atom is -0.365 e. The van der Waals surface area contributed by atoms with Gasteiger partial charge in [0.25, 0.3) is 5.91 Å². The fourth-order valence-electron chi connectivity index (χ4n) is 1.89. The van der Waals surface area contributed by atoms with Crippen LogP contribution in [-0.2, 0) is 6.54 Å². The van der Waals surface area contributed by atoms with E-state index in [1.807, 2.05) is 30.3 Å². The van der Waals surface area contributed by atoms with Crippen molar-refractivity contribution < 1.29 is 4.79 Å². The maximum Gasteiger partial charge on any atom is 0.271 e. The number of aromatic nitrogens is 2. The van der Waals surface area contributed by atoms with Crippen LogP contribution in [0.15, 0.2) is 42.7 Å². The van der Waals surface area contributed by atoms with Crippen LogP contribution in [0, 0.1) is 5.92 Å². The van der Waals surface area contributed by atoms with Gasteiger partial charge in [-0.1, -0.05) is 44.2 Å². The highest BCUT2D eigenvalue weighted by molar-refractivity contribution is 5.91. The fraction of sp³-hybridized carbons (Fsp3) is 0.353. The largest absolute Gasteiger partial charge is 0.365 e. The molecule has 0 aliphatic carbocycles. The first-order valence-corrected chi connectivity index (χ1v) is 7.53. The van der Waals surface area contributed by atoms with Gasteiger partial charge in [-0.15, -0.1) is 0 Å². The molecule has 0 atom stereocenters. The quantitative estimate of drug-likeness (QED) is 0.825. The topological polar surface area (TPSA) is 66.9 Å². The summed E-state index contributed by atoms with van der Waals surface area (Å²) >= 11 is 0. The molecule has 0 unspecified atom stereocenters. The number of hydrogen-bond acceptors (Lipinski definition) is 4. The zero-order chi connectivity index (χ0) is 15.8. The van der Waals surface area contributed by atoms with Gasteiger partial charge in [0.2, 0.25) is 0 Å². The van der Waals surface area contributed by atoms with Crippen molar-refractivity contribution in [1.29, 1.82) is 0 Å². The minimum atomic E-state index is -0.178. The van der Waals surface area contributed by atoms with E-state index in [-0.39, 0.29) is 5.91 Å². The van der Waals surface area contributed by atoms with Crippen LogP contribution < -0.4 is 10.6 Å². The summed E-state index contributed by atoms with van der Waals surface area (Å²) in [5.41, 5.74) is 1.51. The molecular weight excluding hydrogens is 276 g/mol. The number of carbonyl (C=O) groups excluding carboxylic acids is 1. The van der Waals surface area contributed by atoms with Gasteiger partial charge in [-0.3, -0.25) is 4.79 Å². The molecule has 0 aliphatic heterocycles. The molecule has 0 radical (unpaired) electrons. The smallest absolute Gasteiger partial charge is 0.271 e. The third-order valence-corrected chi connectivity index (χ3v) is 3.21. The molecule has 2 rings (SSSR count). The molecule has 0 saturated carbocycles. The summed E-state index contributed by atoms with van der Waals surface area (Å²) in [6, 6.07) is 10.0. The summed E-state index contributed by atoms with van der Waals surface area (Å²) < 4.78 is 0. The first-order chi connectivity index (χ1) is 10.6. The van der Waals surface area contributed by atoms with Gasteiger partial charge in [-0.25, -0.2) is 9.97 Å². The van der Waals surface area contributed by atoms with E-state index in [2.05, 4.69) is 34.4 Å². The Morgan fingerprint density at radius 2 is 1.91 bits per heavy atom. The zero-order valence-electron chi connectivity index (χ0n) is 13.0. The van der Waals surface area contributed by atoms with Gasteiger partial charge in [0.15, 0.2) is 0 Å². The van der Waals surface area contributed by atoms with Crippen molar-refractivity contribution in [2.75, 3.05) is 11.9 Å². The van der Waals surface area contributed by atoms with E-state index in [1.54, 1.807) is 6.20 Å². The number of nitrogens with zero attached hydrogens (tertiary/aromatic N) is 2. The molecule has 22 heavy (non-hydrogen) atoms. The Kier molecular flexibility index (Phi) is 5.89. The second-order valence-corrected chi connectivity index (χ2v) is 5.56. The normalized spacial score (nSPS) is 10.5. The lowest BCUT2D eigenvalue weighted by Crippen LogP contribution is -2.26. The van der Waals surface area contributed by atoms with Gasteiger partial charge in [0, 0.05) is 13.1 Å². The van der Waals surface area contributed by atoms with Crippen molar-refractivity contribution in [1.82, 2.24) is 15.3 Å². The summed E-state index contributed by atoms with van der Waals surface area (Å²) in [5.74, 6) is 1.04. The van der Waals surface area contributed by atoms with E-state index in [9.17, 15) is 4.79 Å². The first-order valence-electron chi connectivity index (χ1n) is 7.53. The van der Waals surface area contributed by atoms with Gasteiger partial charge in [-0.2, -0.15) is 0 Å². The van der Waals surface area contributed by atoms with Crippen LogP contribution in [-0.4, -0.2) is 22.4 Å². The summed E-state index contributed by atoms with van der Waals surface area (Å²) in [7, 11) is 0. The maximum absolute atomic E-state index is 11.9. The molecule has 2 N–H and O–H groups in total. The van der Waals surface area contributed by atoms with Crippen LogP contribution >= 0.6 is 0 Å². The van der Waals surface area contributed by atoms with E-state index in [0.717, 1.165) is 6.42 Å². The number of anilines is 1. The van der Waals surface area contributed by atoms with Crippen LogP contribution in [0.3, 0.4) is 0 Å². The highest BCUT2D eigenvalue weighted by Gasteiger charge is 2.07. The molecule has 1 aromatic heterocycles. The monoisotopic (exact) mass is 298 g/mol. The molecule has 0 saturated heterocycles. The van der Waals surface area contributed by atoms with Crippen LogP contribution in [0.2, 0.25) is 0 Å². The van der Waals surface area contributed by atoms with E-state index in [4.69, 9.17) is 0 Å². The number of hydrogen-bond donors (Lipinski definition) is 2. The third-order valence-electron chi connectivity index (χ3n) is 3.21. The summed E-state index contributed by atoms with van der Waals surface area (Å²) in [6.07, 6.45) is 4.04. The molecular formula is C17H22N4O. The van der Waals surface area contributed by atoms with Crippen molar-refractivity contribution in [2.24, 2.45) is 5.92 Å². The van der Waals surface area contributed by atoms with E-state index < -0.39 is 0 Å². The van der Waals surface area contributed by atoms with Gasteiger partial charge >= 0.3 is 0 Å². The molecule has 1 heterocycles. The third kappa shape index (κ3) is 5.16. The van der Waals surface area contributed by atoms with Gasteiger partial charge in [-0.05, 0) is 17.9 Å². The molecule has 5 heteroatoms. The number of amides is 1. The standard InChI is InChI=1S/C17H22N4O/c1-13(2)8-9-18-17(22)15-11-21-16(12-19-15)20-10-14-6-4-3-5-7-14/h3-7,11-13H,8-10H2,1-2H3,(H,18,22)(H,20,21). The Hall–Kier alpha value is -2.43. The number of carbonyl (C=O) groups is 1. The highest BCUT2D eigenvalue weighted by atomic mass is 16.1. The number of nitrogens with one attached hydrogen (secondary N) is 2. The van der Waals surface area contributed by atoms with E-state index >= 15 is 0 Å². The number of rotatable bonds is 7. The molecule has 116 valence electrons. The Morgan fingerprint density at radius 1 is 1.14 bits per heavy atom. The lowest BCUT2D eigenvalue weighted by Gasteiger charge is -2.08. The zero-order valence-corrected chi connectivity index (χ0v) is 13.0. The predicted molar refractivity (Wildman–Crippen MR) is 87.6 cm³/mol. The molecule has 1 aromatic carbocycles. The number of benzene rings is 1. The van der Waals surface area contributed by atoms with Gasteiger partial charge < -0.3 is 10.6 Å². The molecule has 5 nitrogen and oxygen atoms in total. The van der Waals surface area contributed by atoms with Crippen molar-refractivity contribution in [3.63, 3.8) is 0 Å². The van der Waals surface area contributed by atoms with Crippen LogP contribution in [0.25, 0.3) is 0 Å². The predicted octanol–water partition coefficient (Wildman–Crippen LogP) is 2.86. The molecule has 0 spiro atoms. The Morgan fingerprint density at radius 3 is 2.55 bits per heavy atom. The van der Waals surface area contributed by atoms with Crippen molar-refractivity contribution in [3.05, 3.63) is 54.0 Å². The Balaban J connectivity index is 1.83. The van der Waals surface area contributed by atoms with Crippen molar-refractivity contribution in [2.45, 2.75) is 26.8 Å². The van der Waals surface area contributed by atoms with Crippen molar-refractivity contribution >= 4 is 11.7 Å². The molecule has 2 aromatic rings. The minimum absolute atomic E-state index is 0.178. The molecule has 0 aliphatic rings. The second kappa shape index (κ2) is 8.12. The van der Waals surface area contributed by atoms with E-state index in [0.29, 0.717) is 30.5 Å². The Bertz CT molecular complexity index is 581. The molecule has 1 amide bonds. The molecule has 0 bridgehead atoms. The van der Waals surface area contributed by atoms with Crippen LogP contribution in [0.1, 0.15) is 36.3 Å². The van der Waals surface area contributed by atoms with Gasteiger partial charge in [0.05, 0.1) is 12.4 Å². The lowest BCUT2D eigenvalue weighted by atomic mass is 10.1. The fourth-order valence-corrected chi connectivity index (χ4v) is 1.89. The van der Waals surface area contributed by atoms with E-state index in [1.165, 1.54) is 11.8 Å². The second-order valence-electron chi connectivity index (χ2n) is 5.56. The van der Waals surface area contributed by atoms with Gasteiger partial charge in [0.1, 0.15) is 11.5 Å². The Labute approximate surface area is 131 Å². The maximum atomic E-state index is 11.9. The van der Waals surface area contributed by atoms with Crippen LogP contribution in [0.5, 0.6) is 0 Å². The SMILES string of the molecule is CC(C)CCNC(=O)c1cnc(NCc2ccccc2)cn1. The average Bonchev–Trinajstić information content (AvgIpc) is 2.54. The molecule has 0 fully saturated rings. The summed E-state index contributed by atoms with van der Waals surface area (Å²) in [4.78, 5) is 20.3. The first kappa shape index (κ1) is 15.9. The highest BCUT2D eigenvalue weighted by Crippen LogP contribution is 2.05. The summed E-state index contributed by atoms with van der Waals surface area (Å²) in [6.45, 7) is 5.58. The van der Waals surface area contributed by atoms with Crippen LogP contribution in [0.4, 0.5) is 5.82 Å².